The predicted octanol–water partition coefficient (Wildman–Crippen LogP) is 1.97. The molecule has 0 aliphatic carbocycles. The fraction of sp³-hybridized carbons (Fsp3) is 0.417. The molecule has 17 heavy (non-hydrogen) atoms. The summed E-state index contributed by atoms with van der Waals surface area (Å²) >= 11 is 0. The molecule has 0 amide bonds. The van der Waals surface area contributed by atoms with E-state index in [0.29, 0.717) is 30.3 Å². The molecule has 1 aromatic carbocycles. The molecule has 5 nitrogen and oxygen atoms in total. The van der Waals surface area contributed by atoms with Crippen molar-refractivity contribution >= 4 is 5.84 Å². The Balaban J connectivity index is 2.99. The Morgan fingerprint density at radius 1 is 1.29 bits per heavy atom. The average molecular weight is 238 g/mol. The van der Waals surface area contributed by atoms with Crippen LogP contribution in [0, 0.1) is 0 Å². The van der Waals surface area contributed by atoms with Crippen molar-refractivity contribution in [2.45, 2.75) is 20.3 Å². The number of oxime groups is 1. The normalized spacial score (nSPS) is 11.3. The van der Waals surface area contributed by atoms with Crippen molar-refractivity contribution in [1.82, 2.24) is 0 Å². The van der Waals surface area contributed by atoms with Gasteiger partial charge in [-0.25, -0.2) is 0 Å². The van der Waals surface area contributed by atoms with E-state index in [-0.39, 0.29) is 5.84 Å². The van der Waals surface area contributed by atoms with Crippen molar-refractivity contribution in [1.29, 1.82) is 0 Å². The van der Waals surface area contributed by atoms with Gasteiger partial charge in [-0.15, -0.1) is 0 Å². The van der Waals surface area contributed by atoms with E-state index in [1.165, 1.54) is 0 Å². The Hall–Kier alpha value is -1.91. The third-order valence-electron chi connectivity index (χ3n) is 2.11. The van der Waals surface area contributed by atoms with Crippen molar-refractivity contribution in [3.63, 3.8) is 0 Å². The van der Waals surface area contributed by atoms with E-state index < -0.39 is 0 Å². The third kappa shape index (κ3) is 3.55. The van der Waals surface area contributed by atoms with Crippen LogP contribution in [0.1, 0.15) is 25.8 Å². The van der Waals surface area contributed by atoms with Gasteiger partial charge in [0.05, 0.1) is 13.2 Å². The molecule has 94 valence electrons. The van der Waals surface area contributed by atoms with Crippen LogP contribution in [0.2, 0.25) is 0 Å². The molecule has 0 unspecified atom stereocenters. The van der Waals surface area contributed by atoms with Gasteiger partial charge in [0.1, 0.15) is 0 Å². The highest BCUT2D eigenvalue weighted by atomic mass is 16.5. The van der Waals surface area contributed by atoms with Crippen molar-refractivity contribution in [2.24, 2.45) is 10.9 Å². The second-order valence-electron chi connectivity index (χ2n) is 3.43. The average Bonchev–Trinajstić information content (AvgIpc) is 2.36. The van der Waals surface area contributed by atoms with Gasteiger partial charge in [-0.2, -0.15) is 0 Å². The first-order chi connectivity index (χ1) is 8.22. The first-order valence-electron chi connectivity index (χ1n) is 5.60. The van der Waals surface area contributed by atoms with E-state index in [4.69, 9.17) is 20.4 Å². The Bertz CT molecular complexity index is 391. The van der Waals surface area contributed by atoms with Crippen LogP contribution >= 0.6 is 0 Å². The molecule has 1 aromatic rings. The van der Waals surface area contributed by atoms with Gasteiger partial charge in [0.15, 0.2) is 17.3 Å². The van der Waals surface area contributed by atoms with Gasteiger partial charge < -0.3 is 20.4 Å². The topological polar surface area (TPSA) is 77.1 Å². The lowest BCUT2D eigenvalue weighted by atomic mass is 10.2. The highest BCUT2D eigenvalue weighted by molar-refractivity contribution is 5.97. The van der Waals surface area contributed by atoms with Crippen molar-refractivity contribution in [2.75, 3.05) is 13.2 Å². The third-order valence-corrected chi connectivity index (χ3v) is 2.11. The molecular weight excluding hydrogens is 220 g/mol. The molecule has 0 heterocycles. The summed E-state index contributed by atoms with van der Waals surface area (Å²) in [5.74, 6) is 1.32. The lowest BCUT2D eigenvalue weighted by Crippen LogP contribution is -2.13. The van der Waals surface area contributed by atoms with E-state index in [0.717, 1.165) is 6.42 Å². The summed E-state index contributed by atoms with van der Waals surface area (Å²) in [5, 5.41) is 11.6. The zero-order chi connectivity index (χ0) is 12.7. The summed E-state index contributed by atoms with van der Waals surface area (Å²) in [6, 6.07) is 5.18. The minimum atomic E-state index is 0.0491. The van der Waals surface area contributed by atoms with E-state index >= 15 is 0 Å². The second-order valence-corrected chi connectivity index (χ2v) is 3.43. The summed E-state index contributed by atoms with van der Waals surface area (Å²) in [7, 11) is 0. The molecule has 0 aromatic heterocycles. The van der Waals surface area contributed by atoms with Gasteiger partial charge in [0.25, 0.3) is 0 Å². The molecule has 0 fully saturated rings. The number of nitrogens with zero attached hydrogens (tertiary/aromatic N) is 1. The summed E-state index contributed by atoms with van der Waals surface area (Å²) < 4.78 is 11.0. The maximum absolute atomic E-state index is 8.61. The molecule has 0 aliphatic rings. The quantitative estimate of drug-likeness (QED) is 0.344. The van der Waals surface area contributed by atoms with Crippen LogP contribution in [0.15, 0.2) is 23.4 Å². The summed E-state index contributed by atoms with van der Waals surface area (Å²) in [6.45, 7) is 5.08. The van der Waals surface area contributed by atoms with E-state index in [2.05, 4.69) is 5.16 Å². The first kappa shape index (κ1) is 13.2. The summed E-state index contributed by atoms with van der Waals surface area (Å²) in [5.41, 5.74) is 6.11. The number of amidine groups is 1. The van der Waals surface area contributed by atoms with Crippen LogP contribution in [0.5, 0.6) is 11.5 Å². The Morgan fingerprint density at radius 3 is 2.65 bits per heavy atom. The van der Waals surface area contributed by atoms with Gasteiger partial charge >= 0.3 is 0 Å². The Kier molecular flexibility index (Phi) is 5.13. The number of nitrogens with two attached hydrogens (primary N) is 1. The minimum absolute atomic E-state index is 0.0491. The molecule has 0 spiro atoms. The SMILES string of the molecule is CCCOc1ccc(/C(N)=N/O)cc1OCC. The Morgan fingerprint density at radius 2 is 2.06 bits per heavy atom. The van der Waals surface area contributed by atoms with Crippen LogP contribution < -0.4 is 15.2 Å². The van der Waals surface area contributed by atoms with Crippen molar-refractivity contribution < 1.29 is 14.7 Å². The molecule has 0 saturated heterocycles. The minimum Gasteiger partial charge on any atom is -0.490 e. The first-order valence-corrected chi connectivity index (χ1v) is 5.60. The van der Waals surface area contributed by atoms with Crippen molar-refractivity contribution in [3.05, 3.63) is 23.8 Å². The van der Waals surface area contributed by atoms with Crippen LogP contribution in [0.25, 0.3) is 0 Å². The monoisotopic (exact) mass is 238 g/mol. The van der Waals surface area contributed by atoms with Crippen LogP contribution in [-0.2, 0) is 0 Å². The maximum Gasteiger partial charge on any atom is 0.170 e. The highest BCUT2D eigenvalue weighted by Gasteiger charge is 2.08. The van der Waals surface area contributed by atoms with Crippen LogP contribution in [-0.4, -0.2) is 24.3 Å². The fourth-order valence-corrected chi connectivity index (χ4v) is 1.32. The smallest absolute Gasteiger partial charge is 0.170 e. The molecule has 0 aliphatic heterocycles. The lowest BCUT2D eigenvalue weighted by Gasteiger charge is -2.12. The van der Waals surface area contributed by atoms with Gasteiger partial charge in [-0.3, -0.25) is 0 Å². The van der Waals surface area contributed by atoms with Gasteiger partial charge in [-0.05, 0) is 31.5 Å². The number of ether oxygens (including phenoxy) is 2. The van der Waals surface area contributed by atoms with E-state index in [1.807, 2.05) is 13.8 Å². The van der Waals surface area contributed by atoms with Gasteiger partial charge in [0.2, 0.25) is 0 Å². The molecule has 0 saturated carbocycles. The van der Waals surface area contributed by atoms with Gasteiger partial charge in [0, 0.05) is 5.56 Å². The molecular formula is C12H18N2O3. The zero-order valence-corrected chi connectivity index (χ0v) is 10.1. The van der Waals surface area contributed by atoms with E-state index in [9.17, 15) is 0 Å². The lowest BCUT2D eigenvalue weighted by molar-refractivity contribution is 0.277. The molecule has 0 radical (unpaired) electrons. The van der Waals surface area contributed by atoms with Crippen molar-refractivity contribution in [3.8, 4) is 11.5 Å². The predicted molar refractivity (Wildman–Crippen MR) is 65.9 cm³/mol. The van der Waals surface area contributed by atoms with Gasteiger partial charge in [-0.1, -0.05) is 12.1 Å². The second kappa shape index (κ2) is 6.62. The molecule has 1 rings (SSSR count). The summed E-state index contributed by atoms with van der Waals surface area (Å²) in [4.78, 5) is 0. The molecule has 5 heteroatoms. The highest BCUT2D eigenvalue weighted by Crippen LogP contribution is 2.28. The fourth-order valence-electron chi connectivity index (χ4n) is 1.32. The number of benzene rings is 1. The van der Waals surface area contributed by atoms with Crippen LogP contribution in [0.3, 0.4) is 0 Å². The standard InChI is InChI=1S/C12H18N2O3/c1-3-7-17-10-6-5-9(12(13)14-15)8-11(10)16-4-2/h5-6,8,15H,3-4,7H2,1-2H3,(H2,13,14). The van der Waals surface area contributed by atoms with E-state index in [1.54, 1.807) is 18.2 Å². The molecule has 0 atom stereocenters. The summed E-state index contributed by atoms with van der Waals surface area (Å²) in [6.07, 6.45) is 0.924. The van der Waals surface area contributed by atoms with Crippen LogP contribution in [0.4, 0.5) is 0 Å². The number of hydrogen-bond acceptors (Lipinski definition) is 4. The zero-order valence-electron chi connectivity index (χ0n) is 10.1. The maximum atomic E-state index is 8.61. The largest absolute Gasteiger partial charge is 0.490 e. The molecule has 3 N–H and O–H groups in total. The molecule has 0 bridgehead atoms. The number of rotatable bonds is 6. The Labute approximate surface area is 101 Å². The number of hydrogen-bond donors (Lipinski definition) is 2.